The molecule has 4 rings (SSSR count). The molecule has 0 amide bonds. The second-order valence-corrected chi connectivity index (χ2v) is 11.0. The summed E-state index contributed by atoms with van der Waals surface area (Å²) >= 11 is 0. The second kappa shape index (κ2) is 11.2. The topological polar surface area (TPSA) is 6.48 Å². The summed E-state index contributed by atoms with van der Waals surface area (Å²) in [6.45, 7) is 11.6. The highest BCUT2D eigenvalue weighted by molar-refractivity contribution is 5.69. The summed E-state index contributed by atoms with van der Waals surface area (Å²) in [4.78, 5) is 4.34. The smallest absolute Gasteiger partial charge is 0.133 e. The third-order valence-electron chi connectivity index (χ3n) is 7.52. The molecule has 2 heterocycles. The first-order chi connectivity index (χ1) is 16.7. The Labute approximate surface area is 208 Å². The monoisotopic (exact) mass is 484 g/mol. The number of hydrogen-bond acceptors (Lipinski definition) is 2. The molecule has 0 N–H and O–H groups in total. The number of nitrogens with zero attached hydrogens (tertiary/aromatic N) is 2. The van der Waals surface area contributed by atoms with Crippen LogP contribution in [0.3, 0.4) is 0 Å². The second-order valence-electron chi connectivity index (χ2n) is 11.0. The highest BCUT2D eigenvalue weighted by Crippen LogP contribution is 2.30. The molecular weight excluding hydrogens is 445 g/mol. The summed E-state index contributed by atoms with van der Waals surface area (Å²) in [5, 5.41) is 0. The Morgan fingerprint density at radius 3 is 2.17 bits per heavy atom. The van der Waals surface area contributed by atoms with Gasteiger partial charge in [0, 0.05) is 30.9 Å². The fourth-order valence-corrected chi connectivity index (χ4v) is 5.56. The fraction of sp³-hybridized carbons (Fsp3) is 0.533. The molecule has 2 aromatic carbocycles. The molecule has 0 saturated carbocycles. The zero-order valence-electron chi connectivity index (χ0n) is 21.3. The lowest BCUT2D eigenvalue weighted by Gasteiger charge is -2.34. The number of piperidine rings is 1. The van der Waals surface area contributed by atoms with E-state index in [4.69, 9.17) is 0 Å². The lowest BCUT2D eigenvalue weighted by Crippen LogP contribution is -2.41. The maximum absolute atomic E-state index is 14.9. The van der Waals surface area contributed by atoms with Crippen LogP contribution in [-0.4, -0.2) is 48.2 Å². The first-order valence-electron chi connectivity index (χ1n) is 13.1. The summed E-state index contributed by atoms with van der Waals surface area (Å²) in [5.74, 6) is 0.0894. The molecule has 0 aromatic heterocycles. The number of alkyl halides is 1. The van der Waals surface area contributed by atoms with E-state index in [0.717, 1.165) is 70.4 Å². The average Bonchev–Trinajstić information content (AvgIpc) is 3.35. The molecule has 0 aliphatic carbocycles. The van der Waals surface area contributed by atoms with Gasteiger partial charge in [0.15, 0.2) is 0 Å². The van der Waals surface area contributed by atoms with Crippen molar-refractivity contribution in [1.29, 1.82) is 0 Å². The van der Waals surface area contributed by atoms with Crippen LogP contribution in [0.4, 0.5) is 13.2 Å². The molecule has 5 heteroatoms. The van der Waals surface area contributed by atoms with Crippen LogP contribution in [-0.2, 0) is 6.42 Å². The Balaban J connectivity index is 1.29. The van der Waals surface area contributed by atoms with Crippen molar-refractivity contribution in [3.05, 3.63) is 65.7 Å². The largest absolute Gasteiger partial charge is 0.371 e. The van der Waals surface area contributed by atoms with Crippen LogP contribution in [0.1, 0.15) is 63.5 Å². The zero-order valence-corrected chi connectivity index (χ0v) is 21.3. The van der Waals surface area contributed by atoms with Gasteiger partial charge in [-0.3, -0.25) is 0 Å². The quantitative estimate of drug-likeness (QED) is 0.364. The van der Waals surface area contributed by atoms with Crippen molar-refractivity contribution in [3.8, 4) is 11.1 Å². The molecule has 2 aliphatic heterocycles. The van der Waals surface area contributed by atoms with E-state index < -0.39 is 5.67 Å². The maximum Gasteiger partial charge on any atom is 0.133 e. The summed E-state index contributed by atoms with van der Waals surface area (Å²) in [6.07, 6.45) is 7.11. The van der Waals surface area contributed by atoms with Crippen molar-refractivity contribution in [2.24, 2.45) is 5.92 Å². The standard InChI is InChI=1S/C30H39F3N2/c1-22(35-15-4-5-16-35)27-12-11-26(20-29(27)32)25-10-9-24(28(31)19-25)8-6-7-23-13-17-34(18-14-23)21-30(2,3)33/h9-12,19-20,23H,1,4-8,13-18,21H2,2-3H3. The maximum atomic E-state index is 14.9. The van der Waals surface area contributed by atoms with Crippen LogP contribution in [0.2, 0.25) is 0 Å². The molecule has 2 fully saturated rings. The van der Waals surface area contributed by atoms with Gasteiger partial charge in [0.05, 0.1) is 0 Å². The van der Waals surface area contributed by atoms with E-state index in [1.165, 1.54) is 12.1 Å². The number of benzene rings is 2. The number of hydrogen-bond donors (Lipinski definition) is 0. The first kappa shape index (κ1) is 25.8. The van der Waals surface area contributed by atoms with Crippen molar-refractivity contribution in [3.63, 3.8) is 0 Å². The molecule has 2 aliphatic rings. The third-order valence-corrected chi connectivity index (χ3v) is 7.52. The molecular formula is C30H39F3N2. The summed E-state index contributed by atoms with van der Waals surface area (Å²) in [6, 6.07) is 10.4. The minimum Gasteiger partial charge on any atom is -0.371 e. The van der Waals surface area contributed by atoms with Gasteiger partial charge in [-0.1, -0.05) is 31.2 Å². The van der Waals surface area contributed by atoms with Gasteiger partial charge in [-0.05, 0) is 106 Å². The number of likely N-dealkylation sites (tertiary alicyclic amines) is 2. The van der Waals surface area contributed by atoms with Gasteiger partial charge in [0.25, 0.3) is 0 Å². The van der Waals surface area contributed by atoms with Crippen LogP contribution in [0.25, 0.3) is 16.8 Å². The minimum absolute atomic E-state index is 0.228. The molecule has 190 valence electrons. The van der Waals surface area contributed by atoms with Gasteiger partial charge in [-0.15, -0.1) is 0 Å². The molecule has 2 aromatic rings. The number of aryl methyl sites for hydroxylation is 1. The molecule has 35 heavy (non-hydrogen) atoms. The van der Waals surface area contributed by atoms with Crippen molar-refractivity contribution in [1.82, 2.24) is 9.80 Å². The summed E-state index contributed by atoms with van der Waals surface area (Å²) in [7, 11) is 0. The van der Waals surface area contributed by atoms with Crippen LogP contribution in [0.5, 0.6) is 0 Å². The van der Waals surface area contributed by atoms with Crippen molar-refractivity contribution >= 4 is 5.70 Å². The molecule has 0 spiro atoms. The van der Waals surface area contributed by atoms with Gasteiger partial charge >= 0.3 is 0 Å². The molecule has 2 nitrogen and oxygen atoms in total. The lowest BCUT2D eigenvalue weighted by atomic mass is 9.90. The third kappa shape index (κ3) is 6.91. The zero-order chi connectivity index (χ0) is 25.0. The van der Waals surface area contributed by atoms with E-state index in [9.17, 15) is 13.2 Å². The van der Waals surface area contributed by atoms with E-state index in [-0.39, 0.29) is 11.6 Å². The lowest BCUT2D eigenvalue weighted by molar-refractivity contribution is 0.0938. The van der Waals surface area contributed by atoms with Crippen molar-refractivity contribution < 1.29 is 13.2 Å². The van der Waals surface area contributed by atoms with Gasteiger partial charge in [-0.25, -0.2) is 13.2 Å². The van der Waals surface area contributed by atoms with Crippen LogP contribution >= 0.6 is 0 Å². The van der Waals surface area contributed by atoms with Crippen molar-refractivity contribution in [2.75, 3.05) is 32.7 Å². The SMILES string of the molecule is C=C(c1ccc(-c2ccc(CCCC3CCN(CC(C)(C)F)CC3)c(F)c2)cc1F)N1CCCC1. The highest BCUT2D eigenvalue weighted by Gasteiger charge is 2.25. The van der Waals surface area contributed by atoms with Crippen LogP contribution in [0, 0.1) is 17.6 Å². The Morgan fingerprint density at radius 1 is 0.943 bits per heavy atom. The van der Waals surface area contributed by atoms with Gasteiger partial charge in [0.2, 0.25) is 0 Å². The Hall–Kier alpha value is -2.27. The van der Waals surface area contributed by atoms with Gasteiger partial charge in [-0.2, -0.15) is 0 Å². The molecule has 2 saturated heterocycles. The van der Waals surface area contributed by atoms with Gasteiger partial charge < -0.3 is 9.80 Å². The Kier molecular flexibility index (Phi) is 8.26. The Morgan fingerprint density at radius 2 is 1.57 bits per heavy atom. The van der Waals surface area contributed by atoms with E-state index >= 15 is 0 Å². The predicted molar refractivity (Wildman–Crippen MR) is 139 cm³/mol. The molecule has 0 atom stereocenters. The average molecular weight is 485 g/mol. The number of halogens is 3. The van der Waals surface area contributed by atoms with Gasteiger partial charge in [0.1, 0.15) is 17.3 Å². The summed E-state index contributed by atoms with van der Waals surface area (Å²) < 4.78 is 43.6. The minimum atomic E-state index is -1.15. The molecule has 0 unspecified atom stereocenters. The Bertz CT molecular complexity index is 1010. The normalized spacial score (nSPS) is 17.8. The molecule has 0 radical (unpaired) electrons. The van der Waals surface area contributed by atoms with E-state index in [0.29, 0.717) is 41.1 Å². The molecule has 0 bridgehead atoms. The predicted octanol–water partition coefficient (Wildman–Crippen LogP) is 7.48. The van der Waals surface area contributed by atoms with E-state index in [1.54, 1.807) is 19.9 Å². The number of rotatable bonds is 9. The fourth-order valence-electron chi connectivity index (χ4n) is 5.56. The van der Waals surface area contributed by atoms with Crippen LogP contribution in [0.15, 0.2) is 43.0 Å². The van der Waals surface area contributed by atoms with E-state index in [1.807, 2.05) is 18.2 Å². The van der Waals surface area contributed by atoms with Crippen molar-refractivity contribution in [2.45, 2.75) is 64.5 Å². The van der Waals surface area contributed by atoms with Crippen LogP contribution < -0.4 is 0 Å². The summed E-state index contributed by atoms with van der Waals surface area (Å²) in [5.41, 5.74) is 2.18. The van der Waals surface area contributed by atoms with E-state index in [2.05, 4.69) is 16.4 Å². The highest BCUT2D eigenvalue weighted by atomic mass is 19.1. The first-order valence-corrected chi connectivity index (χ1v) is 13.1.